The highest BCUT2D eigenvalue weighted by Crippen LogP contribution is 2.28. The summed E-state index contributed by atoms with van der Waals surface area (Å²) in [6.45, 7) is 5.07. The molecule has 0 unspecified atom stereocenters. The standard InChI is InChI=1S/C19H25N7/c1-24-18(14-25-9-2-3-10-25)22-23-19(24)15-6-5-11-26(13-15)17-8-4-7-16(12-20)21-17/h4,7-8,15H,2-3,5-6,9-11,13-14H2,1H3/t15-/m0/s1. The van der Waals surface area contributed by atoms with E-state index in [-0.39, 0.29) is 0 Å². The van der Waals surface area contributed by atoms with Crippen molar-refractivity contribution in [3.63, 3.8) is 0 Å². The molecule has 0 aliphatic carbocycles. The van der Waals surface area contributed by atoms with Crippen molar-refractivity contribution in [2.24, 2.45) is 7.05 Å². The van der Waals surface area contributed by atoms with Gasteiger partial charge in [0.05, 0.1) is 6.54 Å². The first kappa shape index (κ1) is 17.0. The molecular weight excluding hydrogens is 326 g/mol. The molecule has 2 saturated heterocycles. The summed E-state index contributed by atoms with van der Waals surface area (Å²) in [6, 6.07) is 7.76. The largest absolute Gasteiger partial charge is 0.356 e. The van der Waals surface area contributed by atoms with Crippen LogP contribution in [0, 0.1) is 11.3 Å². The Bertz CT molecular complexity index is 800. The fraction of sp³-hybridized carbons (Fsp3) is 0.579. The number of piperidine rings is 1. The SMILES string of the molecule is Cn1c(CN2CCCC2)nnc1[C@H]1CCCN(c2cccc(C#N)n2)C1. The number of nitrogens with zero attached hydrogens (tertiary/aromatic N) is 7. The first-order valence-electron chi connectivity index (χ1n) is 9.47. The minimum Gasteiger partial charge on any atom is -0.356 e. The molecule has 0 saturated carbocycles. The van der Waals surface area contributed by atoms with Crippen LogP contribution in [0.5, 0.6) is 0 Å². The molecule has 4 heterocycles. The van der Waals surface area contributed by atoms with E-state index in [4.69, 9.17) is 5.26 Å². The van der Waals surface area contributed by atoms with Crippen LogP contribution in [0.4, 0.5) is 5.82 Å². The zero-order valence-electron chi connectivity index (χ0n) is 15.3. The van der Waals surface area contributed by atoms with E-state index >= 15 is 0 Å². The van der Waals surface area contributed by atoms with Crippen molar-refractivity contribution in [3.8, 4) is 6.07 Å². The lowest BCUT2D eigenvalue weighted by Crippen LogP contribution is -2.36. The van der Waals surface area contributed by atoms with Gasteiger partial charge < -0.3 is 9.47 Å². The molecule has 26 heavy (non-hydrogen) atoms. The molecule has 1 atom stereocenters. The predicted molar refractivity (Wildman–Crippen MR) is 98.7 cm³/mol. The quantitative estimate of drug-likeness (QED) is 0.839. The van der Waals surface area contributed by atoms with Gasteiger partial charge in [0.15, 0.2) is 0 Å². The molecule has 2 aromatic heterocycles. The molecule has 2 fully saturated rings. The molecule has 0 spiro atoms. The van der Waals surface area contributed by atoms with Crippen LogP contribution in [-0.4, -0.2) is 50.8 Å². The van der Waals surface area contributed by atoms with Crippen LogP contribution in [0.1, 0.15) is 48.9 Å². The van der Waals surface area contributed by atoms with Crippen LogP contribution >= 0.6 is 0 Å². The molecule has 2 aliphatic heterocycles. The van der Waals surface area contributed by atoms with E-state index in [0.717, 1.165) is 49.9 Å². The van der Waals surface area contributed by atoms with Gasteiger partial charge in [-0.2, -0.15) is 5.26 Å². The maximum absolute atomic E-state index is 9.09. The summed E-state index contributed by atoms with van der Waals surface area (Å²) in [7, 11) is 2.09. The van der Waals surface area contributed by atoms with Gasteiger partial charge in [0.1, 0.15) is 29.2 Å². The molecule has 0 amide bonds. The van der Waals surface area contributed by atoms with E-state index in [0.29, 0.717) is 11.6 Å². The second kappa shape index (κ2) is 7.42. The summed E-state index contributed by atoms with van der Waals surface area (Å²) in [6.07, 6.45) is 4.79. The van der Waals surface area contributed by atoms with Crippen molar-refractivity contribution in [2.45, 2.75) is 38.1 Å². The smallest absolute Gasteiger partial charge is 0.146 e. The number of pyridine rings is 1. The zero-order chi connectivity index (χ0) is 17.9. The molecule has 0 bridgehead atoms. The molecule has 0 N–H and O–H groups in total. The van der Waals surface area contributed by atoms with Gasteiger partial charge >= 0.3 is 0 Å². The van der Waals surface area contributed by atoms with Crippen LogP contribution in [0.25, 0.3) is 0 Å². The van der Waals surface area contributed by atoms with E-state index in [2.05, 4.69) is 42.7 Å². The van der Waals surface area contributed by atoms with Crippen molar-refractivity contribution < 1.29 is 0 Å². The lowest BCUT2D eigenvalue weighted by atomic mass is 9.97. The van der Waals surface area contributed by atoms with E-state index in [9.17, 15) is 0 Å². The highest BCUT2D eigenvalue weighted by atomic mass is 15.3. The van der Waals surface area contributed by atoms with Gasteiger partial charge in [0, 0.05) is 26.1 Å². The Hall–Kier alpha value is -2.46. The third-order valence-corrected chi connectivity index (χ3v) is 5.52. The van der Waals surface area contributed by atoms with Gasteiger partial charge in [0.25, 0.3) is 0 Å². The Morgan fingerprint density at radius 2 is 2.00 bits per heavy atom. The fourth-order valence-electron chi connectivity index (χ4n) is 4.07. The van der Waals surface area contributed by atoms with Gasteiger partial charge in [-0.3, -0.25) is 4.90 Å². The van der Waals surface area contributed by atoms with Crippen molar-refractivity contribution in [1.82, 2.24) is 24.6 Å². The number of hydrogen-bond donors (Lipinski definition) is 0. The van der Waals surface area contributed by atoms with Gasteiger partial charge in [-0.05, 0) is 50.9 Å². The maximum atomic E-state index is 9.09. The molecule has 7 nitrogen and oxygen atoms in total. The summed E-state index contributed by atoms with van der Waals surface area (Å²) in [4.78, 5) is 9.18. The van der Waals surface area contributed by atoms with Crippen molar-refractivity contribution in [1.29, 1.82) is 5.26 Å². The topological polar surface area (TPSA) is 73.9 Å². The second-order valence-electron chi connectivity index (χ2n) is 7.29. The first-order chi connectivity index (χ1) is 12.7. The molecular formula is C19H25N7. The average molecular weight is 351 g/mol. The number of aromatic nitrogens is 4. The summed E-state index contributed by atoms with van der Waals surface area (Å²) in [5, 5.41) is 18.1. The van der Waals surface area contributed by atoms with Crippen LogP contribution in [0.3, 0.4) is 0 Å². The zero-order valence-corrected chi connectivity index (χ0v) is 15.3. The van der Waals surface area contributed by atoms with Crippen LogP contribution in [0.2, 0.25) is 0 Å². The minimum atomic E-state index is 0.348. The molecule has 7 heteroatoms. The molecule has 0 aromatic carbocycles. The summed E-state index contributed by atoms with van der Waals surface area (Å²) in [5.41, 5.74) is 0.469. The van der Waals surface area contributed by atoms with Crippen LogP contribution in [0.15, 0.2) is 18.2 Å². The Morgan fingerprint density at radius 1 is 1.15 bits per heavy atom. The van der Waals surface area contributed by atoms with Crippen molar-refractivity contribution >= 4 is 5.82 Å². The number of anilines is 1. The lowest BCUT2D eigenvalue weighted by Gasteiger charge is -2.33. The normalized spacial score (nSPS) is 21.1. The average Bonchev–Trinajstić information content (AvgIpc) is 3.33. The molecule has 2 aliphatic rings. The molecule has 2 aromatic rings. The molecule has 136 valence electrons. The van der Waals surface area contributed by atoms with Gasteiger partial charge in [-0.25, -0.2) is 4.98 Å². The Kier molecular flexibility index (Phi) is 4.85. The summed E-state index contributed by atoms with van der Waals surface area (Å²) >= 11 is 0. The monoisotopic (exact) mass is 351 g/mol. The third-order valence-electron chi connectivity index (χ3n) is 5.52. The van der Waals surface area contributed by atoms with E-state index < -0.39 is 0 Å². The van der Waals surface area contributed by atoms with E-state index in [1.165, 1.54) is 25.9 Å². The van der Waals surface area contributed by atoms with Crippen molar-refractivity contribution in [2.75, 3.05) is 31.1 Å². The number of nitriles is 1. The Morgan fingerprint density at radius 3 is 2.81 bits per heavy atom. The lowest BCUT2D eigenvalue weighted by molar-refractivity contribution is 0.317. The molecule has 4 rings (SSSR count). The second-order valence-corrected chi connectivity index (χ2v) is 7.29. The number of hydrogen-bond acceptors (Lipinski definition) is 6. The van der Waals surface area contributed by atoms with Gasteiger partial charge in [0.2, 0.25) is 0 Å². The fourth-order valence-corrected chi connectivity index (χ4v) is 4.07. The highest BCUT2D eigenvalue weighted by molar-refractivity contribution is 5.42. The molecule has 0 radical (unpaired) electrons. The van der Waals surface area contributed by atoms with Crippen LogP contribution in [-0.2, 0) is 13.6 Å². The predicted octanol–water partition coefficient (Wildman–Crippen LogP) is 2.06. The van der Waals surface area contributed by atoms with Gasteiger partial charge in [-0.15, -0.1) is 10.2 Å². The number of likely N-dealkylation sites (tertiary alicyclic amines) is 1. The Balaban J connectivity index is 1.49. The third kappa shape index (κ3) is 3.42. The summed E-state index contributed by atoms with van der Waals surface area (Å²) in [5.74, 6) is 3.36. The summed E-state index contributed by atoms with van der Waals surface area (Å²) < 4.78 is 2.19. The van der Waals surface area contributed by atoms with Crippen LogP contribution < -0.4 is 4.90 Å². The van der Waals surface area contributed by atoms with E-state index in [1.54, 1.807) is 6.07 Å². The van der Waals surface area contributed by atoms with Gasteiger partial charge in [-0.1, -0.05) is 6.07 Å². The number of rotatable bonds is 4. The maximum Gasteiger partial charge on any atom is 0.146 e. The van der Waals surface area contributed by atoms with E-state index in [1.807, 2.05) is 12.1 Å². The minimum absolute atomic E-state index is 0.348. The van der Waals surface area contributed by atoms with Crippen molar-refractivity contribution in [3.05, 3.63) is 35.5 Å². The highest BCUT2D eigenvalue weighted by Gasteiger charge is 2.27. The first-order valence-corrected chi connectivity index (χ1v) is 9.47. The Labute approximate surface area is 154 Å².